The number of nitrogens with zero attached hydrogens (tertiary/aromatic N) is 3. The van der Waals surface area contributed by atoms with E-state index in [1.165, 1.54) is 12.0 Å². The predicted octanol–water partition coefficient (Wildman–Crippen LogP) is 5.56. The van der Waals surface area contributed by atoms with Gasteiger partial charge >= 0.3 is 6.09 Å². The van der Waals surface area contributed by atoms with Crippen molar-refractivity contribution in [2.24, 2.45) is 4.99 Å². The minimum absolute atomic E-state index is 0.0278. The van der Waals surface area contributed by atoms with Gasteiger partial charge in [-0.2, -0.15) is 0 Å². The molecule has 2 amide bonds. The molecule has 2 heterocycles. The van der Waals surface area contributed by atoms with Crippen molar-refractivity contribution >= 4 is 23.4 Å². The standard InChI is InChI=1S/C27H36FN3O3/c1-3-34-26(33)30-18-27(19-30)22-13-7-9-15-24(22)31(25(27)32)17-21(12-5-4-10-16-28)29-23-14-8-6-11-20(23)2/h7,9,13,15H,3-6,8,10-12,14,16-19H2,1-2H3/b29-21+. The molecule has 0 unspecified atom stereocenters. The summed E-state index contributed by atoms with van der Waals surface area (Å²) in [5, 5.41) is 0. The van der Waals surface area contributed by atoms with Crippen LogP contribution in [0.15, 0.2) is 40.5 Å². The van der Waals surface area contributed by atoms with Crippen LogP contribution in [0.2, 0.25) is 0 Å². The minimum Gasteiger partial charge on any atom is -0.450 e. The lowest BCUT2D eigenvalue weighted by molar-refractivity contribution is -0.128. The molecule has 0 saturated carbocycles. The normalized spacial score (nSPS) is 19.5. The number of rotatable bonds is 9. The molecule has 2 aliphatic heterocycles. The molecule has 1 aromatic rings. The summed E-state index contributed by atoms with van der Waals surface area (Å²) < 4.78 is 17.8. The van der Waals surface area contributed by atoms with E-state index in [0.29, 0.717) is 32.7 Å². The highest BCUT2D eigenvalue weighted by molar-refractivity contribution is 6.13. The van der Waals surface area contributed by atoms with E-state index in [2.05, 4.69) is 6.92 Å². The van der Waals surface area contributed by atoms with Gasteiger partial charge in [-0.05, 0) is 70.4 Å². The van der Waals surface area contributed by atoms with Crippen molar-refractivity contribution in [2.45, 2.75) is 70.6 Å². The van der Waals surface area contributed by atoms with Crippen molar-refractivity contribution in [3.05, 3.63) is 41.1 Å². The number of para-hydroxylation sites is 1. The predicted molar refractivity (Wildman–Crippen MR) is 132 cm³/mol. The fourth-order valence-corrected chi connectivity index (χ4v) is 5.34. The second-order valence-corrected chi connectivity index (χ2v) is 9.66. The number of aliphatic imine (C=N–C) groups is 1. The number of carbonyl (C=O) groups is 2. The van der Waals surface area contributed by atoms with Crippen LogP contribution in [0.25, 0.3) is 0 Å². The maximum atomic E-state index is 13.8. The number of benzene rings is 1. The summed E-state index contributed by atoms with van der Waals surface area (Å²) in [7, 11) is 0. The fourth-order valence-electron chi connectivity index (χ4n) is 5.34. The van der Waals surface area contributed by atoms with Gasteiger partial charge in [-0.1, -0.05) is 30.2 Å². The Morgan fingerprint density at radius 2 is 1.91 bits per heavy atom. The molecule has 1 fully saturated rings. The Morgan fingerprint density at radius 1 is 1.15 bits per heavy atom. The molecule has 1 spiro atoms. The Bertz CT molecular complexity index is 981. The first kappa shape index (κ1) is 24.4. The first-order chi connectivity index (χ1) is 16.5. The Kier molecular flexibility index (Phi) is 7.69. The second kappa shape index (κ2) is 10.7. The second-order valence-electron chi connectivity index (χ2n) is 9.66. The molecule has 0 N–H and O–H groups in total. The molecule has 1 aromatic carbocycles. The number of hydrogen-bond donors (Lipinski definition) is 0. The zero-order valence-electron chi connectivity index (χ0n) is 20.4. The maximum Gasteiger partial charge on any atom is 0.409 e. The van der Waals surface area contributed by atoms with Gasteiger partial charge in [-0.3, -0.25) is 14.2 Å². The molecule has 3 aliphatic rings. The topological polar surface area (TPSA) is 62.2 Å². The molecule has 0 aromatic heterocycles. The number of unbranched alkanes of at least 4 members (excludes halogenated alkanes) is 2. The van der Waals surface area contributed by atoms with E-state index in [1.54, 1.807) is 11.8 Å². The Balaban J connectivity index is 1.58. The number of hydrogen-bond acceptors (Lipinski definition) is 4. The molecule has 0 bridgehead atoms. The van der Waals surface area contributed by atoms with Crippen molar-refractivity contribution in [1.82, 2.24) is 4.90 Å². The molecule has 4 rings (SSSR count). The van der Waals surface area contributed by atoms with Gasteiger partial charge < -0.3 is 14.5 Å². The highest BCUT2D eigenvalue weighted by Gasteiger charge is 2.59. The highest BCUT2D eigenvalue weighted by Crippen LogP contribution is 2.47. The van der Waals surface area contributed by atoms with E-state index in [1.807, 2.05) is 29.2 Å². The third-order valence-corrected chi connectivity index (χ3v) is 7.25. The monoisotopic (exact) mass is 469 g/mol. The van der Waals surface area contributed by atoms with Crippen LogP contribution in [0.4, 0.5) is 14.9 Å². The summed E-state index contributed by atoms with van der Waals surface area (Å²) in [5.41, 5.74) is 4.65. The average Bonchev–Trinajstić information content (AvgIpc) is 3.05. The van der Waals surface area contributed by atoms with Crippen LogP contribution in [0.3, 0.4) is 0 Å². The van der Waals surface area contributed by atoms with E-state index >= 15 is 0 Å². The van der Waals surface area contributed by atoms with E-state index in [9.17, 15) is 14.0 Å². The molecule has 6 nitrogen and oxygen atoms in total. The fraction of sp³-hybridized carbons (Fsp3) is 0.593. The number of halogens is 1. The van der Waals surface area contributed by atoms with Gasteiger partial charge in [0, 0.05) is 30.2 Å². The minimum atomic E-state index is -0.706. The number of carbonyl (C=O) groups excluding carboxylic acids is 2. The number of fused-ring (bicyclic) bond motifs is 2. The molecule has 0 radical (unpaired) electrons. The molecule has 184 valence electrons. The number of alkyl halides is 1. The third kappa shape index (κ3) is 4.75. The van der Waals surface area contributed by atoms with Gasteiger partial charge in [0.15, 0.2) is 0 Å². The van der Waals surface area contributed by atoms with Gasteiger partial charge in [-0.25, -0.2) is 4.79 Å². The van der Waals surface area contributed by atoms with Gasteiger partial charge in [0.1, 0.15) is 5.41 Å². The maximum absolute atomic E-state index is 13.8. The SMILES string of the molecule is CCOC(=O)N1CC2(C1)C(=O)N(C/C(CCCCCF)=N/C1=C(C)CCCC1)c1ccccc12. The summed E-state index contributed by atoms with van der Waals surface area (Å²) in [6, 6.07) is 7.89. The Morgan fingerprint density at radius 3 is 2.65 bits per heavy atom. The first-order valence-electron chi connectivity index (χ1n) is 12.6. The zero-order chi connectivity index (χ0) is 24.1. The first-order valence-corrected chi connectivity index (χ1v) is 12.6. The van der Waals surface area contributed by atoms with E-state index in [-0.39, 0.29) is 18.7 Å². The van der Waals surface area contributed by atoms with Crippen molar-refractivity contribution in [2.75, 3.05) is 37.8 Å². The Hall–Kier alpha value is -2.70. The van der Waals surface area contributed by atoms with Crippen LogP contribution < -0.4 is 4.90 Å². The van der Waals surface area contributed by atoms with Crippen molar-refractivity contribution in [3.8, 4) is 0 Å². The summed E-state index contributed by atoms with van der Waals surface area (Å²) in [6.07, 6.45) is 7.02. The lowest BCUT2D eigenvalue weighted by Crippen LogP contribution is -2.65. The van der Waals surface area contributed by atoms with Crippen LogP contribution in [0.5, 0.6) is 0 Å². The number of likely N-dealkylation sites (tertiary alicyclic amines) is 1. The van der Waals surface area contributed by atoms with Crippen LogP contribution in [-0.2, 0) is 14.9 Å². The van der Waals surface area contributed by atoms with E-state index in [4.69, 9.17) is 9.73 Å². The zero-order valence-corrected chi connectivity index (χ0v) is 20.4. The molecule has 1 aliphatic carbocycles. The smallest absolute Gasteiger partial charge is 0.409 e. The summed E-state index contributed by atoms with van der Waals surface area (Å²) >= 11 is 0. The summed E-state index contributed by atoms with van der Waals surface area (Å²) in [5.74, 6) is 0.0278. The van der Waals surface area contributed by atoms with Crippen LogP contribution in [0, 0.1) is 0 Å². The number of anilines is 1. The van der Waals surface area contributed by atoms with Crippen LogP contribution in [0.1, 0.15) is 70.8 Å². The molecular formula is C27H36FN3O3. The molecular weight excluding hydrogens is 433 g/mol. The summed E-state index contributed by atoms with van der Waals surface area (Å²) in [6.45, 7) is 5.07. The number of amides is 2. The van der Waals surface area contributed by atoms with Gasteiger partial charge in [0.05, 0.1) is 19.8 Å². The molecule has 1 saturated heterocycles. The van der Waals surface area contributed by atoms with Crippen molar-refractivity contribution in [1.29, 1.82) is 0 Å². The van der Waals surface area contributed by atoms with Crippen molar-refractivity contribution < 1.29 is 18.7 Å². The summed E-state index contributed by atoms with van der Waals surface area (Å²) in [4.78, 5) is 34.5. The molecule has 0 atom stereocenters. The average molecular weight is 470 g/mol. The third-order valence-electron chi connectivity index (χ3n) is 7.25. The molecule has 7 heteroatoms. The van der Waals surface area contributed by atoms with Gasteiger partial charge in [-0.15, -0.1) is 0 Å². The van der Waals surface area contributed by atoms with Gasteiger partial charge in [0.2, 0.25) is 5.91 Å². The van der Waals surface area contributed by atoms with E-state index in [0.717, 1.165) is 61.2 Å². The number of ether oxygens (including phenoxy) is 1. The Labute approximate surface area is 201 Å². The van der Waals surface area contributed by atoms with Crippen LogP contribution >= 0.6 is 0 Å². The van der Waals surface area contributed by atoms with E-state index < -0.39 is 5.41 Å². The van der Waals surface area contributed by atoms with Gasteiger partial charge in [0.25, 0.3) is 0 Å². The largest absolute Gasteiger partial charge is 0.450 e. The number of allylic oxidation sites excluding steroid dienone is 2. The van der Waals surface area contributed by atoms with Crippen LogP contribution in [-0.4, -0.2) is 55.5 Å². The lowest BCUT2D eigenvalue weighted by Gasteiger charge is -2.45. The molecule has 34 heavy (non-hydrogen) atoms. The van der Waals surface area contributed by atoms with Crippen molar-refractivity contribution in [3.63, 3.8) is 0 Å². The highest BCUT2D eigenvalue weighted by atomic mass is 19.1. The quantitative estimate of drug-likeness (QED) is 0.351. The lowest BCUT2D eigenvalue weighted by atomic mass is 9.75.